The van der Waals surface area contributed by atoms with Gasteiger partial charge in [0.15, 0.2) is 0 Å². The maximum atomic E-state index is 12.0. The zero-order chi connectivity index (χ0) is 17.5. The smallest absolute Gasteiger partial charge is 0.319 e. The number of halogens is 1. The molecule has 25 heavy (non-hydrogen) atoms. The van der Waals surface area contributed by atoms with Crippen LogP contribution in [0.5, 0.6) is 0 Å². The number of rotatable bonds is 6. The first-order valence-corrected chi connectivity index (χ1v) is 7.70. The zero-order valence-electron chi connectivity index (χ0n) is 14.2. The Hall–Kier alpha value is -2.51. The Balaban J connectivity index is 0.00000312. The standard InChI is InChI=1S/C17H22N4O3.ClH/c1-11(2)20-17(23)21-14-5-3-12(4-6-14)9-19-16(22)13-7-15(8-18)24-10-13;/h3-7,10-11H,8-9,18H2,1-2H3,(H,19,22)(H2,20,21,23);1H. The quantitative estimate of drug-likeness (QED) is 0.630. The molecule has 0 bridgehead atoms. The van der Waals surface area contributed by atoms with Crippen LogP contribution < -0.4 is 21.7 Å². The van der Waals surface area contributed by atoms with Gasteiger partial charge in [0, 0.05) is 18.3 Å². The number of nitrogens with two attached hydrogens (primary N) is 1. The average Bonchev–Trinajstić information content (AvgIpc) is 3.02. The third-order valence-corrected chi connectivity index (χ3v) is 3.20. The number of amides is 3. The van der Waals surface area contributed by atoms with Crippen molar-refractivity contribution in [1.29, 1.82) is 0 Å². The molecule has 0 unspecified atom stereocenters. The van der Waals surface area contributed by atoms with Gasteiger partial charge in [0.2, 0.25) is 0 Å². The highest BCUT2D eigenvalue weighted by Crippen LogP contribution is 2.11. The fraction of sp³-hybridized carbons (Fsp3) is 0.294. The lowest BCUT2D eigenvalue weighted by molar-refractivity contribution is 0.0950. The molecule has 8 heteroatoms. The summed E-state index contributed by atoms with van der Waals surface area (Å²) >= 11 is 0. The Kier molecular flexibility index (Phi) is 7.97. The zero-order valence-corrected chi connectivity index (χ0v) is 15.0. The van der Waals surface area contributed by atoms with Crippen molar-refractivity contribution in [2.75, 3.05) is 5.32 Å². The summed E-state index contributed by atoms with van der Waals surface area (Å²) in [6.07, 6.45) is 1.39. The minimum atomic E-state index is -0.248. The summed E-state index contributed by atoms with van der Waals surface area (Å²) in [5.41, 5.74) is 7.49. The van der Waals surface area contributed by atoms with Gasteiger partial charge in [-0.25, -0.2) is 4.79 Å². The Labute approximate surface area is 152 Å². The van der Waals surface area contributed by atoms with E-state index in [9.17, 15) is 9.59 Å². The molecule has 1 aromatic heterocycles. The van der Waals surface area contributed by atoms with E-state index in [4.69, 9.17) is 10.2 Å². The molecule has 0 atom stereocenters. The van der Waals surface area contributed by atoms with Gasteiger partial charge in [-0.2, -0.15) is 0 Å². The highest BCUT2D eigenvalue weighted by atomic mass is 35.5. The third-order valence-electron chi connectivity index (χ3n) is 3.20. The van der Waals surface area contributed by atoms with Crippen LogP contribution in [0.3, 0.4) is 0 Å². The molecule has 0 saturated heterocycles. The van der Waals surface area contributed by atoms with Crippen molar-refractivity contribution in [3.05, 3.63) is 53.5 Å². The van der Waals surface area contributed by atoms with Crippen molar-refractivity contribution in [3.8, 4) is 0 Å². The number of hydrogen-bond donors (Lipinski definition) is 4. The molecule has 1 heterocycles. The number of furan rings is 1. The van der Waals surface area contributed by atoms with Crippen molar-refractivity contribution in [2.24, 2.45) is 5.73 Å². The second kappa shape index (κ2) is 9.71. The minimum Gasteiger partial charge on any atom is -0.467 e. The monoisotopic (exact) mass is 366 g/mol. The molecule has 0 spiro atoms. The van der Waals surface area contributed by atoms with Crippen molar-refractivity contribution in [1.82, 2.24) is 10.6 Å². The van der Waals surface area contributed by atoms with Crippen LogP contribution in [-0.4, -0.2) is 18.0 Å². The lowest BCUT2D eigenvalue weighted by Crippen LogP contribution is -2.34. The third kappa shape index (κ3) is 6.48. The van der Waals surface area contributed by atoms with Gasteiger partial charge in [0.05, 0.1) is 12.1 Å². The SMILES string of the molecule is CC(C)NC(=O)Nc1ccc(CNC(=O)c2coc(CN)c2)cc1.Cl. The van der Waals surface area contributed by atoms with Crippen LogP contribution in [-0.2, 0) is 13.1 Å². The number of carbonyl (C=O) groups is 2. The topological polar surface area (TPSA) is 109 Å². The van der Waals surface area contributed by atoms with Crippen molar-refractivity contribution < 1.29 is 14.0 Å². The second-order valence-electron chi connectivity index (χ2n) is 5.64. The molecule has 2 rings (SSSR count). The molecular formula is C17H23ClN4O3. The molecular weight excluding hydrogens is 344 g/mol. The van der Waals surface area contributed by atoms with E-state index in [0.29, 0.717) is 23.6 Å². The Morgan fingerprint density at radius 3 is 2.44 bits per heavy atom. The van der Waals surface area contributed by atoms with Crippen molar-refractivity contribution in [2.45, 2.75) is 33.0 Å². The fourth-order valence-corrected chi connectivity index (χ4v) is 2.03. The lowest BCUT2D eigenvalue weighted by atomic mass is 10.2. The van der Waals surface area contributed by atoms with Crippen LogP contribution in [0.25, 0.3) is 0 Å². The van der Waals surface area contributed by atoms with Crippen molar-refractivity contribution in [3.63, 3.8) is 0 Å². The van der Waals surface area contributed by atoms with Gasteiger partial charge in [-0.05, 0) is 37.6 Å². The van der Waals surface area contributed by atoms with E-state index in [-0.39, 0.29) is 36.9 Å². The molecule has 136 valence electrons. The summed E-state index contributed by atoms with van der Waals surface area (Å²) in [5, 5.41) is 8.28. The summed E-state index contributed by atoms with van der Waals surface area (Å²) < 4.78 is 5.14. The van der Waals surface area contributed by atoms with Crippen LogP contribution in [0.2, 0.25) is 0 Å². The van der Waals surface area contributed by atoms with E-state index in [1.807, 2.05) is 26.0 Å². The van der Waals surface area contributed by atoms with Crippen LogP contribution in [0, 0.1) is 0 Å². The molecule has 0 aliphatic heterocycles. The molecule has 2 aromatic rings. The first-order valence-electron chi connectivity index (χ1n) is 7.70. The van der Waals surface area contributed by atoms with Gasteiger partial charge in [0.1, 0.15) is 12.0 Å². The van der Waals surface area contributed by atoms with Gasteiger partial charge in [-0.3, -0.25) is 4.79 Å². The van der Waals surface area contributed by atoms with Gasteiger partial charge in [-0.15, -0.1) is 12.4 Å². The number of benzene rings is 1. The Morgan fingerprint density at radius 2 is 1.88 bits per heavy atom. The van der Waals surface area contributed by atoms with Crippen LogP contribution in [0.15, 0.2) is 41.0 Å². The van der Waals surface area contributed by atoms with Gasteiger partial charge >= 0.3 is 6.03 Å². The number of hydrogen-bond acceptors (Lipinski definition) is 4. The van der Waals surface area contributed by atoms with Crippen LogP contribution >= 0.6 is 12.4 Å². The van der Waals surface area contributed by atoms with Crippen LogP contribution in [0.4, 0.5) is 10.5 Å². The van der Waals surface area contributed by atoms with Crippen molar-refractivity contribution >= 4 is 30.0 Å². The molecule has 5 N–H and O–H groups in total. The summed E-state index contributed by atoms with van der Waals surface area (Å²) in [4.78, 5) is 23.6. The van der Waals surface area contributed by atoms with Gasteiger partial charge < -0.3 is 26.1 Å². The Morgan fingerprint density at radius 1 is 1.20 bits per heavy atom. The summed E-state index contributed by atoms with van der Waals surface area (Å²) in [7, 11) is 0. The molecule has 0 fully saturated rings. The van der Waals surface area contributed by atoms with E-state index in [1.54, 1.807) is 18.2 Å². The average molecular weight is 367 g/mol. The molecule has 0 aliphatic carbocycles. The van der Waals surface area contributed by atoms with E-state index >= 15 is 0 Å². The number of urea groups is 1. The maximum Gasteiger partial charge on any atom is 0.319 e. The normalized spacial score (nSPS) is 10.1. The lowest BCUT2D eigenvalue weighted by Gasteiger charge is -2.10. The summed E-state index contributed by atoms with van der Waals surface area (Å²) in [5.74, 6) is 0.340. The predicted molar refractivity (Wildman–Crippen MR) is 98.8 cm³/mol. The highest BCUT2D eigenvalue weighted by molar-refractivity contribution is 5.94. The largest absolute Gasteiger partial charge is 0.467 e. The highest BCUT2D eigenvalue weighted by Gasteiger charge is 2.09. The molecule has 0 saturated carbocycles. The molecule has 1 aromatic carbocycles. The van der Waals surface area contributed by atoms with E-state index < -0.39 is 0 Å². The summed E-state index contributed by atoms with van der Waals surface area (Å²) in [6, 6.07) is 8.69. The molecule has 0 aliphatic rings. The summed E-state index contributed by atoms with van der Waals surface area (Å²) in [6.45, 7) is 4.41. The van der Waals surface area contributed by atoms with Crippen LogP contribution in [0.1, 0.15) is 35.5 Å². The fourth-order valence-electron chi connectivity index (χ4n) is 2.03. The second-order valence-corrected chi connectivity index (χ2v) is 5.64. The first-order chi connectivity index (χ1) is 11.5. The minimum absolute atomic E-state index is 0. The predicted octanol–water partition coefficient (Wildman–Crippen LogP) is 2.62. The van der Waals surface area contributed by atoms with E-state index in [2.05, 4.69) is 16.0 Å². The molecule has 7 nitrogen and oxygen atoms in total. The van der Waals surface area contributed by atoms with Gasteiger partial charge in [-0.1, -0.05) is 12.1 Å². The van der Waals surface area contributed by atoms with E-state index in [0.717, 1.165) is 5.56 Å². The van der Waals surface area contributed by atoms with E-state index in [1.165, 1.54) is 6.26 Å². The maximum absolute atomic E-state index is 12.0. The van der Waals surface area contributed by atoms with Gasteiger partial charge in [0.25, 0.3) is 5.91 Å². The number of nitrogens with one attached hydrogen (secondary N) is 3. The molecule has 3 amide bonds. The first kappa shape index (κ1) is 20.5. The Bertz CT molecular complexity index is 698. The number of carbonyl (C=O) groups excluding carboxylic acids is 2. The number of anilines is 1. The molecule has 0 radical (unpaired) electrons.